The number of non-ortho nitro benzene ring substituents is 2. The number of benzene rings is 4. The fraction of sp³-hybridized carbons (Fsp3) is 0. The van der Waals surface area contributed by atoms with Gasteiger partial charge >= 0.3 is 6.03 Å². The molecule has 0 bridgehead atoms. The maximum atomic E-state index is 13.1. The quantitative estimate of drug-likeness (QED) is 0.177. The van der Waals surface area contributed by atoms with Crippen LogP contribution < -0.4 is 10.6 Å². The zero-order valence-corrected chi connectivity index (χ0v) is 19.5. The van der Waals surface area contributed by atoms with Gasteiger partial charge in [0, 0.05) is 35.4 Å². The van der Waals surface area contributed by atoms with Gasteiger partial charge in [-0.05, 0) is 12.1 Å². The minimum Gasteiger partial charge on any atom is -0.307 e. The summed E-state index contributed by atoms with van der Waals surface area (Å²) in [6, 6.07) is 22.0. The van der Waals surface area contributed by atoms with Gasteiger partial charge in [-0.2, -0.15) is 0 Å². The van der Waals surface area contributed by atoms with Gasteiger partial charge in [-0.3, -0.25) is 29.8 Å². The van der Waals surface area contributed by atoms with Crippen LogP contribution in [0.15, 0.2) is 97.1 Å². The zero-order chi connectivity index (χ0) is 27.2. The van der Waals surface area contributed by atoms with E-state index < -0.39 is 27.4 Å². The first kappa shape index (κ1) is 25.4. The lowest BCUT2D eigenvalue weighted by Crippen LogP contribution is -2.22. The summed E-state index contributed by atoms with van der Waals surface area (Å²) in [7, 11) is 0. The molecule has 0 unspecified atom stereocenters. The highest BCUT2D eigenvalue weighted by atomic mass is 16.6. The first-order chi connectivity index (χ1) is 18.2. The van der Waals surface area contributed by atoms with Crippen LogP contribution in [-0.4, -0.2) is 27.4 Å². The smallest absolute Gasteiger partial charge is 0.307 e. The third kappa shape index (κ3) is 5.57. The number of ketones is 2. The van der Waals surface area contributed by atoms with Gasteiger partial charge in [0.1, 0.15) is 0 Å². The second kappa shape index (κ2) is 10.9. The summed E-state index contributed by atoms with van der Waals surface area (Å²) in [6.07, 6.45) is 0. The Hall–Kier alpha value is -5.71. The number of anilines is 2. The van der Waals surface area contributed by atoms with E-state index in [0.29, 0.717) is 0 Å². The molecule has 0 saturated carbocycles. The van der Waals surface area contributed by atoms with Crippen LogP contribution in [0, 0.1) is 20.2 Å². The molecule has 0 atom stereocenters. The fourth-order valence-corrected chi connectivity index (χ4v) is 3.65. The van der Waals surface area contributed by atoms with Gasteiger partial charge < -0.3 is 10.6 Å². The summed E-state index contributed by atoms with van der Waals surface area (Å²) in [5.74, 6) is -1.11. The molecule has 0 fully saturated rings. The molecule has 11 heteroatoms. The number of carbonyl (C=O) groups excluding carboxylic acids is 3. The summed E-state index contributed by atoms with van der Waals surface area (Å²) < 4.78 is 0. The molecule has 0 aliphatic rings. The van der Waals surface area contributed by atoms with Crippen molar-refractivity contribution in [3.63, 3.8) is 0 Å². The number of urea groups is 1. The van der Waals surface area contributed by atoms with E-state index in [9.17, 15) is 34.6 Å². The van der Waals surface area contributed by atoms with Crippen molar-refractivity contribution in [3.8, 4) is 0 Å². The highest BCUT2D eigenvalue weighted by Crippen LogP contribution is 2.27. The molecular weight excluding hydrogens is 492 g/mol. The van der Waals surface area contributed by atoms with E-state index in [1.54, 1.807) is 36.4 Å². The van der Waals surface area contributed by atoms with Crippen LogP contribution in [0.1, 0.15) is 31.8 Å². The number of nitro benzene ring substituents is 2. The molecule has 0 aliphatic carbocycles. The zero-order valence-electron chi connectivity index (χ0n) is 19.5. The van der Waals surface area contributed by atoms with Crippen molar-refractivity contribution in [2.24, 2.45) is 0 Å². The van der Waals surface area contributed by atoms with Gasteiger partial charge in [-0.1, -0.05) is 60.7 Å². The van der Waals surface area contributed by atoms with Crippen molar-refractivity contribution in [1.29, 1.82) is 0 Å². The van der Waals surface area contributed by atoms with Crippen molar-refractivity contribution in [2.45, 2.75) is 0 Å². The van der Waals surface area contributed by atoms with E-state index in [2.05, 4.69) is 10.6 Å². The third-order valence-corrected chi connectivity index (χ3v) is 5.49. The van der Waals surface area contributed by atoms with Crippen molar-refractivity contribution in [1.82, 2.24) is 0 Å². The Morgan fingerprint density at radius 2 is 0.921 bits per heavy atom. The van der Waals surface area contributed by atoms with Gasteiger partial charge in [0.15, 0.2) is 11.6 Å². The molecule has 0 aromatic heterocycles. The molecule has 4 rings (SSSR count). The number of amides is 2. The Morgan fingerprint density at radius 3 is 1.26 bits per heavy atom. The maximum absolute atomic E-state index is 13.1. The Balaban J connectivity index is 1.66. The molecule has 2 amide bonds. The second-order valence-electron chi connectivity index (χ2n) is 7.94. The van der Waals surface area contributed by atoms with Crippen molar-refractivity contribution in [2.75, 3.05) is 10.6 Å². The number of hydrogen-bond donors (Lipinski definition) is 2. The highest BCUT2D eigenvalue weighted by Gasteiger charge is 2.22. The van der Waals surface area contributed by atoms with Crippen molar-refractivity contribution < 1.29 is 24.2 Å². The summed E-state index contributed by atoms with van der Waals surface area (Å²) >= 11 is 0. The molecule has 2 N–H and O–H groups in total. The topological polar surface area (TPSA) is 162 Å². The highest BCUT2D eigenvalue weighted by molar-refractivity contribution is 6.17. The van der Waals surface area contributed by atoms with Crippen LogP contribution >= 0.6 is 0 Å². The molecule has 11 nitrogen and oxygen atoms in total. The van der Waals surface area contributed by atoms with Gasteiger partial charge in [0.25, 0.3) is 11.4 Å². The molecule has 0 spiro atoms. The average Bonchev–Trinajstić information content (AvgIpc) is 2.93. The lowest BCUT2D eigenvalue weighted by molar-refractivity contribution is -0.385. The van der Waals surface area contributed by atoms with Crippen LogP contribution in [0.3, 0.4) is 0 Å². The number of nitrogens with zero attached hydrogens (tertiary/aromatic N) is 2. The second-order valence-corrected chi connectivity index (χ2v) is 7.94. The molecule has 38 heavy (non-hydrogen) atoms. The fourth-order valence-electron chi connectivity index (χ4n) is 3.65. The van der Waals surface area contributed by atoms with E-state index in [1.165, 1.54) is 36.4 Å². The van der Waals surface area contributed by atoms with Gasteiger partial charge in [0.2, 0.25) is 0 Å². The van der Waals surface area contributed by atoms with E-state index in [0.717, 1.165) is 24.3 Å². The molecule has 0 aliphatic heterocycles. The van der Waals surface area contributed by atoms with Crippen LogP contribution in [0.2, 0.25) is 0 Å². The van der Waals surface area contributed by atoms with Crippen molar-refractivity contribution >= 4 is 40.3 Å². The van der Waals surface area contributed by atoms with E-state index in [1.807, 2.05) is 0 Å². The first-order valence-corrected chi connectivity index (χ1v) is 11.1. The predicted molar refractivity (Wildman–Crippen MR) is 139 cm³/mol. The summed E-state index contributed by atoms with van der Waals surface area (Å²) in [5.41, 5.74) is -0.456. The van der Waals surface area contributed by atoms with E-state index in [-0.39, 0.29) is 45.0 Å². The third-order valence-electron chi connectivity index (χ3n) is 5.49. The molecular formula is C27H18N4O7. The lowest BCUT2D eigenvalue weighted by atomic mass is 10.0. The normalized spacial score (nSPS) is 10.3. The summed E-state index contributed by atoms with van der Waals surface area (Å²) in [5, 5.41) is 27.6. The van der Waals surface area contributed by atoms with Crippen LogP contribution in [0.5, 0.6) is 0 Å². The summed E-state index contributed by atoms with van der Waals surface area (Å²) in [6.45, 7) is 0. The van der Waals surface area contributed by atoms with E-state index in [4.69, 9.17) is 0 Å². The Kier molecular flexibility index (Phi) is 7.29. The molecule has 0 saturated heterocycles. The average molecular weight is 510 g/mol. The minimum atomic E-state index is -0.878. The Labute approximate surface area is 215 Å². The Morgan fingerprint density at radius 1 is 0.553 bits per heavy atom. The minimum absolute atomic E-state index is 0.0141. The number of hydrogen-bond acceptors (Lipinski definition) is 7. The monoisotopic (exact) mass is 510 g/mol. The predicted octanol–water partition coefficient (Wildman–Crippen LogP) is 5.61. The molecule has 4 aromatic rings. The number of nitro groups is 2. The van der Waals surface area contributed by atoms with Gasteiger partial charge in [0.05, 0.1) is 32.3 Å². The standard InChI is InChI=1S/C27H18N4O7/c32-25(17-7-3-1-4-8-17)21-15-19(30(35)36)11-13-23(21)28-27(34)29-24-14-12-20(31(37)38)16-22(24)26(33)18-9-5-2-6-10-18/h1-16H,(H2,28,29,34). The van der Waals surface area contributed by atoms with Crippen LogP contribution in [0.25, 0.3) is 0 Å². The summed E-state index contributed by atoms with van der Waals surface area (Å²) in [4.78, 5) is 60.4. The number of nitrogens with one attached hydrogen (secondary N) is 2. The SMILES string of the molecule is O=C(Nc1ccc([N+](=O)[O-])cc1C(=O)c1ccccc1)Nc1ccc([N+](=O)[O-])cc1C(=O)c1ccccc1. The maximum Gasteiger partial charge on any atom is 0.323 e. The van der Waals surface area contributed by atoms with Crippen LogP contribution in [-0.2, 0) is 0 Å². The van der Waals surface area contributed by atoms with E-state index >= 15 is 0 Å². The van der Waals surface area contributed by atoms with Gasteiger partial charge in [-0.15, -0.1) is 0 Å². The van der Waals surface area contributed by atoms with Crippen LogP contribution in [0.4, 0.5) is 27.5 Å². The Bertz CT molecular complexity index is 1450. The largest absolute Gasteiger partial charge is 0.323 e. The first-order valence-electron chi connectivity index (χ1n) is 11.1. The molecule has 0 heterocycles. The molecule has 0 radical (unpaired) electrons. The lowest BCUT2D eigenvalue weighted by Gasteiger charge is -2.14. The molecule has 4 aromatic carbocycles. The van der Waals surface area contributed by atoms with Crippen molar-refractivity contribution in [3.05, 3.63) is 140 Å². The number of carbonyl (C=O) groups is 3. The molecule has 188 valence electrons. The van der Waals surface area contributed by atoms with Gasteiger partial charge in [-0.25, -0.2) is 4.79 Å². The number of rotatable bonds is 8.